The van der Waals surface area contributed by atoms with E-state index < -0.39 is 0 Å². The van der Waals surface area contributed by atoms with E-state index in [9.17, 15) is 0 Å². The van der Waals surface area contributed by atoms with Crippen molar-refractivity contribution in [3.05, 3.63) is 89.2 Å². The maximum Gasteiger partial charge on any atom is 0.0406 e. The zero-order chi connectivity index (χ0) is 16.9. The number of hydrogen-bond donors (Lipinski definition) is 1. The van der Waals surface area contributed by atoms with Crippen molar-refractivity contribution in [3.63, 3.8) is 0 Å². The van der Waals surface area contributed by atoms with Crippen LogP contribution in [0.3, 0.4) is 0 Å². The molecule has 3 aromatic rings. The van der Waals surface area contributed by atoms with Crippen LogP contribution in [0.4, 0.5) is 0 Å². The molecule has 2 nitrogen and oxygen atoms in total. The molecule has 0 radical (unpaired) electrons. The van der Waals surface area contributed by atoms with Crippen LogP contribution in [0.2, 0.25) is 5.02 Å². The van der Waals surface area contributed by atoms with Gasteiger partial charge in [-0.15, -0.1) is 0 Å². The van der Waals surface area contributed by atoms with Gasteiger partial charge in [-0.1, -0.05) is 54.1 Å². The second-order valence-electron chi connectivity index (χ2n) is 6.16. The van der Waals surface area contributed by atoms with E-state index in [1.54, 1.807) is 6.20 Å². The molecule has 0 aliphatic heterocycles. The number of pyridine rings is 1. The van der Waals surface area contributed by atoms with Gasteiger partial charge in [0.15, 0.2) is 0 Å². The first-order chi connectivity index (χ1) is 11.6. The Morgan fingerprint density at radius 1 is 0.958 bits per heavy atom. The van der Waals surface area contributed by atoms with Crippen LogP contribution in [-0.2, 0) is 6.42 Å². The van der Waals surface area contributed by atoms with E-state index in [4.69, 9.17) is 17.3 Å². The summed E-state index contributed by atoms with van der Waals surface area (Å²) >= 11 is 5.97. The smallest absolute Gasteiger partial charge is 0.0406 e. The fourth-order valence-corrected chi connectivity index (χ4v) is 3.06. The van der Waals surface area contributed by atoms with Crippen LogP contribution in [0.15, 0.2) is 73.1 Å². The van der Waals surface area contributed by atoms with E-state index in [-0.39, 0.29) is 12.0 Å². The van der Waals surface area contributed by atoms with E-state index in [1.165, 1.54) is 16.7 Å². The Kier molecular flexibility index (Phi) is 5.29. The minimum Gasteiger partial charge on any atom is -0.327 e. The Balaban J connectivity index is 1.82. The molecule has 2 N–H and O–H groups in total. The molecule has 122 valence electrons. The maximum absolute atomic E-state index is 6.26. The SMILES string of the molecule is CC(N)C(Cc1ccc(Cl)cc1)c1ccc(-c2cccnc2)cc1. The van der Waals surface area contributed by atoms with Crippen LogP contribution in [0.5, 0.6) is 0 Å². The molecule has 2 unspecified atom stereocenters. The predicted molar refractivity (Wildman–Crippen MR) is 101 cm³/mol. The van der Waals surface area contributed by atoms with Gasteiger partial charge < -0.3 is 5.73 Å². The first kappa shape index (κ1) is 16.7. The Morgan fingerprint density at radius 2 is 1.67 bits per heavy atom. The lowest BCUT2D eigenvalue weighted by Crippen LogP contribution is -2.26. The topological polar surface area (TPSA) is 38.9 Å². The molecule has 1 heterocycles. The summed E-state index contributed by atoms with van der Waals surface area (Å²) in [7, 11) is 0. The Hall–Kier alpha value is -2.16. The largest absolute Gasteiger partial charge is 0.327 e. The Morgan fingerprint density at radius 3 is 2.25 bits per heavy atom. The fourth-order valence-electron chi connectivity index (χ4n) is 2.94. The molecule has 0 saturated heterocycles. The summed E-state index contributed by atoms with van der Waals surface area (Å²) in [5, 5.41) is 0.761. The van der Waals surface area contributed by atoms with Crippen LogP contribution in [0.1, 0.15) is 24.0 Å². The van der Waals surface area contributed by atoms with Crippen molar-refractivity contribution in [2.24, 2.45) is 5.73 Å². The molecular weight excluding hydrogens is 316 g/mol. The molecule has 2 atom stereocenters. The molecule has 24 heavy (non-hydrogen) atoms. The number of aromatic nitrogens is 1. The van der Waals surface area contributed by atoms with Crippen molar-refractivity contribution in [1.82, 2.24) is 4.98 Å². The van der Waals surface area contributed by atoms with Gasteiger partial charge in [0.2, 0.25) is 0 Å². The highest BCUT2D eigenvalue weighted by Crippen LogP contribution is 2.27. The molecular formula is C21H21ClN2. The molecule has 0 amide bonds. The minimum atomic E-state index is 0.0740. The monoisotopic (exact) mass is 336 g/mol. The van der Waals surface area contributed by atoms with Gasteiger partial charge in [0.1, 0.15) is 0 Å². The normalized spacial score (nSPS) is 13.5. The van der Waals surface area contributed by atoms with E-state index in [0.717, 1.165) is 17.0 Å². The third kappa shape index (κ3) is 4.02. The van der Waals surface area contributed by atoms with Crippen LogP contribution in [-0.4, -0.2) is 11.0 Å². The van der Waals surface area contributed by atoms with Gasteiger partial charge in [0.05, 0.1) is 0 Å². The third-order valence-corrected chi connectivity index (χ3v) is 4.59. The highest BCUT2D eigenvalue weighted by molar-refractivity contribution is 6.30. The zero-order valence-corrected chi connectivity index (χ0v) is 14.4. The molecule has 3 heteroatoms. The van der Waals surface area contributed by atoms with E-state index in [0.29, 0.717) is 0 Å². The number of nitrogens with zero attached hydrogens (tertiary/aromatic N) is 1. The number of nitrogens with two attached hydrogens (primary N) is 1. The van der Waals surface area contributed by atoms with Crippen molar-refractivity contribution in [2.45, 2.75) is 25.3 Å². The molecule has 2 aromatic carbocycles. The van der Waals surface area contributed by atoms with Gasteiger partial charge in [-0.05, 0) is 53.8 Å². The summed E-state index contributed by atoms with van der Waals surface area (Å²) in [6.45, 7) is 2.07. The average Bonchev–Trinajstić information content (AvgIpc) is 2.62. The first-order valence-electron chi connectivity index (χ1n) is 8.14. The summed E-state index contributed by atoms with van der Waals surface area (Å²) in [4.78, 5) is 4.18. The lowest BCUT2D eigenvalue weighted by Gasteiger charge is -2.22. The third-order valence-electron chi connectivity index (χ3n) is 4.34. The van der Waals surface area contributed by atoms with Crippen LogP contribution < -0.4 is 5.73 Å². The van der Waals surface area contributed by atoms with Gasteiger partial charge >= 0.3 is 0 Å². The number of halogens is 1. The number of rotatable bonds is 5. The lowest BCUT2D eigenvalue weighted by molar-refractivity contribution is 0.565. The van der Waals surface area contributed by atoms with Gasteiger partial charge in [-0.3, -0.25) is 4.98 Å². The highest BCUT2D eigenvalue weighted by atomic mass is 35.5. The molecule has 0 aliphatic rings. The molecule has 0 spiro atoms. The fraction of sp³-hybridized carbons (Fsp3) is 0.190. The van der Waals surface area contributed by atoms with Gasteiger partial charge in [-0.2, -0.15) is 0 Å². The van der Waals surface area contributed by atoms with Gasteiger partial charge in [0.25, 0.3) is 0 Å². The maximum atomic E-state index is 6.26. The standard InChI is InChI=1S/C21H21ClN2/c1-15(23)21(13-16-4-10-20(22)11-5-16)18-8-6-17(7-9-18)19-3-2-12-24-14-19/h2-12,14-15,21H,13,23H2,1H3. The quantitative estimate of drug-likeness (QED) is 0.706. The number of hydrogen-bond acceptors (Lipinski definition) is 2. The van der Waals surface area contributed by atoms with Crippen molar-refractivity contribution in [3.8, 4) is 11.1 Å². The molecule has 1 aromatic heterocycles. The molecule has 0 saturated carbocycles. The van der Waals surface area contributed by atoms with Gasteiger partial charge in [0, 0.05) is 29.4 Å². The van der Waals surface area contributed by atoms with Crippen LogP contribution >= 0.6 is 11.6 Å². The summed E-state index contributed by atoms with van der Waals surface area (Å²) < 4.78 is 0. The van der Waals surface area contributed by atoms with Crippen molar-refractivity contribution in [2.75, 3.05) is 0 Å². The molecule has 3 rings (SSSR count). The molecule has 0 fully saturated rings. The zero-order valence-electron chi connectivity index (χ0n) is 13.7. The van der Waals surface area contributed by atoms with E-state index in [1.807, 2.05) is 24.4 Å². The summed E-state index contributed by atoms with van der Waals surface area (Å²) in [6.07, 6.45) is 4.57. The minimum absolute atomic E-state index is 0.0740. The van der Waals surface area contributed by atoms with Crippen molar-refractivity contribution in [1.29, 1.82) is 0 Å². The second-order valence-corrected chi connectivity index (χ2v) is 6.60. The van der Waals surface area contributed by atoms with Crippen LogP contribution in [0, 0.1) is 0 Å². The average molecular weight is 337 g/mol. The highest BCUT2D eigenvalue weighted by Gasteiger charge is 2.17. The summed E-state index contributed by atoms with van der Waals surface area (Å²) in [5.74, 6) is 0.272. The predicted octanol–water partition coefficient (Wildman–Crippen LogP) is 5.08. The van der Waals surface area contributed by atoms with E-state index >= 15 is 0 Å². The number of benzene rings is 2. The lowest BCUT2D eigenvalue weighted by atomic mass is 9.86. The summed E-state index contributed by atoms with van der Waals surface area (Å²) in [6, 6.07) is 20.7. The van der Waals surface area contributed by atoms with Crippen molar-refractivity contribution < 1.29 is 0 Å². The molecule has 0 bridgehead atoms. The van der Waals surface area contributed by atoms with Gasteiger partial charge in [-0.25, -0.2) is 0 Å². The molecule has 0 aliphatic carbocycles. The van der Waals surface area contributed by atoms with E-state index in [2.05, 4.69) is 54.4 Å². The Labute approximate surface area is 148 Å². The Bertz CT molecular complexity index is 765. The van der Waals surface area contributed by atoms with Crippen molar-refractivity contribution >= 4 is 11.6 Å². The summed E-state index contributed by atoms with van der Waals surface area (Å²) in [5.41, 5.74) is 11.1. The first-order valence-corrected chi connectivity index (χ1v) is 8.51. The second kappa shape index (κ2) is 7.61. The van der Waals surface area contributed by atoms with Crippen LogP contribution in [0.25, 0.3) is 11.1 Å².